The van der Waals surface area contributed by atoms with Gasteiger partial charge in [-0.25, -0.2) is 0 Å². The molecule has 1 heterocycles. The quantitative estimate of drug-likeness (QED) is 0.291. The second-order valence-electron chi connectivity index (χ2n) is 13.8. The summed E-state index contributed by atoms with van der Waals surface area (Å²) in [7, 11) is 1.60. The minimum absolute atomic E-state index is 0.000555. The summed E-state index contributed by atoms with van der Waals surface area (Å²) in [6.45, 7) is 12.8. The number of carbonyl (C=O) groups is 3. The Morgan fingerprint density at radius 1 is 0.977 bits per heavy atom. The molecule has 0 atom stereocenters. The molecule has 7 nitrogen and oxygen atoms in total. The monoisotopic (exact) mass is 597 g/mol. The Hall–Kier alpha value is -4.13. The number of rotatable bonds is 10. The number of carbonyl (C=O) groups excluding carboxylic acids is 2. The maximum atomic E-state index is 14.1. The van der Waals surface area contributed by atoms with Crippen LogP contribution in [0.4, 0.5) is 0 Å². The first-order chi connectivity index (χ1) is 20.8. The zero-order valence-corrected chi connectivity index (χ0v) is 26.5. The van der Waals surface area contributed by atoms with Crippen LogP contribution in [0, 0.1) is 10.8 Å². The number of methoxy groups -OCH3 is 1. The highest BCUT2D eigenvalue weighted by molar-refractivity contribution is 6.07. The van der Waals surface area contributed by atoms with Gasteiger partial charge in [-0.1, -0.05) is 70.2 Å². The van der Waals surface area contributed by atoms with Crippen molar-refractivity contribution in [2.75, 3.05) is 13.7 Å². The summed E-state index contributed by atoms with van der Waals surface area (Å²) < 4.78 is 12.2. The number of Topliss-reactive ketones (excluding diaryl/α,β-unsaturated/α-hetero) is 2. The van der Waals surface area contributed by atoms with Crippen molar-refractivity contribution >= 4 is 17.5 Å². The maximum Gasteiger partial charge on any atom is 0.305 e. The Kier molecular flexibility index (Phi) is 8.61. The van der Waals surface area contributed by atoms with Crippen LogP contribution in [0.1, 0.15) is 82.4 Å². The number of hydrogen-bond donors (Lipinski definition) is 1. The first-order valence-electron chi connectivity index (χ1n) is 15.3. The van der Waals surface area contributed by atoms with Gasteiger partial charge < -0.3 is 19.5 Å². The van der Waals surface area contributed by atoms with E-state index in [9.17, 15) is 19.5 Å². The number of benzene rings is 2. The predicted molar refractivity (Wildman–Crippen MR) is 169 cm³/mol. The minimum Gasteiger partial charge on any atom is -0.493 e. The fourth-order valence-corrected chi connectivity index (χ4v) is 7.06. The minimum atomic E-state index is -0.913. The number of hydrogen-bond acceptors (Lipinski definition) is 6. The Bertz CT molecular complexity index is 1510. The van der Waals surface area contributed by atoms with Crippen LogP contribution in [-0.4, -0.2) is 41.2 Å². The number of allylic oxidation sites excluding steroid dienone is 5. The van der Waals surface area contributed by atoms with Crippen LogP contribution in [0.3, 0.4) is 0 Å². The van der Waals surface area contributed by atoms with E-state index < -0.39 is 11.9 Å². The molecular weight excluding hydrogens is 554 g/mol. The van der Waals surface area contributed by atoms with Crippen molar-refractivity contribution in [3.8, 4) is 11.5 Å². The molecule has 1 N–H and O–H groups in total. The lowest BCUT2D eigenvalue weighted by molar-refractivity contribution is -0.137. The molecule has 1 aliphatic heterocycles. The lowest BCUT2D eigenvalue weighted by Crippen LogP contribution is -2.45. The van der Waals surface area contributed by atoms with E-state index in [2.05, 4.69) is 34.3 Å². The van der Waals surface area contributed by atoms with E-state index in [4.69, 9.17) is 9.47 Å². The van der Waals surface area contributed by atoms with Gasteiger partial charge in [0.2, 0.25) is 0 Å². The lowest BCUT2D eigenvalue weighted by atomic mass is 9.63. The van der Waals surface area contributed by atoms with Gasteiger partial charge in [0.05, 0.1) is 13.5 Å². The molecule has 44 heavy (non-hydrogen) atoms. The molecule has 0 amide bonds. The van der Waals surface area contributed by atoms with E-state index in [-0.39, 0.29) is 35.4 Å². The van der Waals surface area contributed by atoms with Crippen molar-refractivity contribution in [1.82, 2.24) is 4.90 Å². The summed E-state index contributed by atoms with van der Waals surface area (Å²) in [5.74, 6) is -0.355. The van der Waals surface area contributed by atoms with Crippen molar-refractivity contribution in [2.45, 2.75) is 78.7 Å². The van der Waals surface area contributed by atoms with Crippen molar-refractivity contribution in [3.63, 3.8) is 0 Å². The molecule has 0 bridgehead atoms. The van der Waals surface area contributed by atoms with Gasteiger partial charge in [0.15, 0.2) is 23.1 Å². The molecule has 2 aromatic rings. The SMILES string of the molecule is C=CCc1cc(C2C3=C(CC(C)(C)CC3=O)N(CCC(=O)O)C3=C2C(=O)CC(C)(C)C3)cc(OC)c1OCc1ccccc1. The molecule has 2 aromatic carbocycles. The number of ether oxygens (including phenoxy) is 2. The van der Waals surface area contributed by atoms with E-state index in [1.54, 1.807) is 13.2 Å². The standard InChI is InChI=1S/C37H43NO6/c1-7-11-24-16-25(17-30(43-6)35(24)44-22-23-12-9-8-10-13-23)32-33-26(18-36(2,3)20-28(33)39)38(15-14-31(41)42)27-19-37(4,5)21-29(40)34(27)32/h7-10,12-13,16-17,32H,1,11,14-15,18-22H2,2-6H3,(H,41,42). The van der Waals surface area contributed by atoms with Gasteiger partial charge in [-0.2, -0.15) is 0 Å². The second kappa shape index (κ2) is 12.1. The zero-order valence-electron chi connectivity index (χ0n) is 26.5. The Morgan fingerprint density at radius 3 is 2.09 bits per heavy atom. The third kappa shape index (κ3) is 6.23. The Balaban J connectivity index is 1.71. The van der Waals surface area contributed by atoms with E-state index in [1.165, 1.54) is 0 Å². The summed E-state index contributed by atoms with van der Waals surface area (Å²) in [6.07, 6.45) is 4.16. The van der Waals surface area contributed by atoms with Gasteiger partial charge in [-0.3, -0.25) is 14.4 Å². The molecule has 5 rings (SSSR count). The summed E-state index contributed by atoms with van der Waals surface area (Å²) in [6, 6.07) is 13.8. The molecule has 0 saturated heterocycles. The molecule has 0 spiro atoms. The van der Waals surface area contributed by atoms with Gasteiger partial charge in [-0.15, -0.1) is 6.58 Å². The van der Waals surface area contributed by atoms with E-state index in [0.717, 1.165) is 28.1 Å². The topological polar surface area (TPSA) is 93.1 Å². The van der Waals surface area contributed by atoms with Crippen LogP contribution in [0.25, 0.3) is 0 Å². The van der Waals surface area contributed by atoms with Crippen molar-refractivity contribution in [2.24, 2.45) is 10.8 Å². The fraction of sp³-hybridized carbons (Fsp3) is 0.432. The molecule has 0 unspecified atom stereocenters. The van der Waals surface area contributed by atoms with E-state index in [0.29, 0.717) is 61.4 Å². The largest absolute Gasteiger partial charge is 0.493 e. The summed E-state index contributed by atoms with van der Waals surface area (Å²) in [4.78, 5) is 42.0. The van der Waals surface area contributed by atoms with Crippen LogP contribution < -0.4 is 9.47 Å². The average molecular weight is 598 g/mol. The van der Waals surface area contributed by atoms with Crippen LogP contribution in [0.2, 0.25) is 0 Å². The first kappa shape index (κ1) is 31.3. The fourth-order valence-electron chi connectivity index (χ4n) is 7.06. The summed E-state index contributed by atoms with van der Waals surface area (Å²) in [5, 5.41) is 9.63. The van der Waals surface area contributed by atoms with E-state index >= 15 is 0 Å². The zero-order chi connectivity index (χ0) is 31.8. The van der Waals surface area contributed by atoms with Gasteiger partial charge in [0.25, 0.3) is 0 Å². The third-order valence-electron chi connectivity index (χ3n) is 8.87. The van der Waals surface area contributed by atoms with Crippen LogP contribution in [-0.2, 0) is 27.4 Å². The molecule has 0 aromatic heterocycles. The molecular formula is C37H43NO6. The number of carboxylic acids is 1. The second-order valence-corrected chi connectivity index (χ2v) is 13.8. The van der Waals surface area contributed by atoms with E-state index in [1.807, 2.05) is 47.4 Å². The van der Waals surface area contributed by atoms with Gasteiger partial charge in [0.1, 0.15) is 6.61 Å². The number of aliphatic carboxylic acids is 1. The highest BCUT2D eigenvalue weighted by Crippen LogP contribution is 2.55. The van der Waals surface area contributed by atoms with Crippen molar-refractivity contribution in [3.05, 3.63) is 94.4 Å². The van der Waals surface area contributed by atoms with Crippen LogP contribution in [0.5, 0.6) is 11.5 Å². The number of nitrogens with zero attached hydrogens (tertiary/aromatic N) is 1. The normalized spacial score (nSPS) is 19.4. The Labute approximate surface area is 260 Å². The molecule has 2 aliphatic carbocycles. The summed E-state index contributed by atoms with van der Waals surface area (Å²) >= 11 is 0. The third-order valence-corrected chi connectivity index (χ3v) is 8.87. The van der Waals surface area contributed by atoms with Gasteiger partial charge >= 0.3 is 5.97 Å². The van der Waals surface area contributed by atoms with Gasteiger partial charge in [-0.05, 0) is 47.3 Å². The van der Waals surface area contributed by atoms with Crippen molar-refractivity contribution < 1.29 is 29.0 Å². The maximum absolute atomic E-state index is 14.1. The number of ketones is 2. The average Bonchev–Trinajstić information content (AvgIpc) is 2.94. The number of carboxylic acid groups (broad SMARTS) is 1. The molecule has 0 saturated carbocycles. The van der Waals surface area contributed by atoms with Crippen molar-refractivity contribution in [1.29, 1.82) is 0 Å². The highest BCUT2D eigenvalue weighted by Gasteiger charge is 2.49. The molecule has 3 aliphatic rings. The molecule has 0 fully saturated rings. The highest BCUT2D eigenvalue weighted by atomic mass is 16.5. The molecule has 7 heteroatoms. The van der Waals surface area contributed by atoms with Gasteiger partial charge in [0, 0.05) is 53.4 Å². The van der Waals surface area contributed by atoms with Crippen LogP contribution in [0.15, 0.2) is 77.7 Å². The molecule has 232 valence electrons. The Morgan fingerprint density at radius 2 is 1.57 bits per heavy atom. The lowest BCUT2D eigenvalue weighted by Gasteiger charge is -2.49. The predicted octanol–water partition coefficient (Wildman–Crippen LogP) is 7.16. The van der Waals surface area contributed by atoms with Crippen LogP contribution >= 0.6 is 0 Å². The first-order valence-corrected chi connectivity index (χ1v) is 15.3. The molecule has 0 radical (unpaired) electrons. The smallest absolute Gasteiger partial charge is 0.305 e. The summed E-state index contributed by atoms with van der Waals surface area (Å²) in [5.41, 5.74) is 4.97.